The molecule has 0 spiro atoms. The monoisotopic (exact) mass is 254 g/mol. The molecular formula is C10H7FN2O3S. The molecule has 0 aliphatic rings. The average molecular weight is 254 g/mol. The van der Waals surface area contributed by atoms with Gasteiger partial charge in [-0.1, -0.05) is 0 Å². The van der Waals surface area contributed by atoms with Crippen LogP contribution in [0.1, 0.15) is 10.5 Å². The molecule has 0 unspecified atom stereocenters. The van der Waals surface area contributed by atoms with Gasteiger partial charge in [-0.2, -0.15) is 8.75 Å². The molecule has 0 atom stereocenters. The van der Waals surface area contributed by atoms with Crippen molar-refractivity contribution in [2.75, 3.05) is 7.11 Å². The van der Waals surface area contributed by atoms with E-state index in [9.17, 15) is 9.18 Å². The third kappa shape index (κ3) is 2.09. The van der Waals surface area contributed by atoms with Crippen molar-refractivity contribution < 1.29 is 19.0 Å². The normalized spacial score (nSPS) is 10.2. The Morgan fingerprint density at radius 3 is 2.88 bits per heavy atom. The SMILES string of the molecule is COc1ccc(F)cc1-c1nsnc1C(=O)O. The number of carbonyl (C=O) groups is 1. The molecule has 0 aliphatic carbocycles. The van der Waals surface area contributed by atoms with E-state index in [2.05, 4.69) is 8.75 Å². The Morgan fingerprint density at radius 1 is 1.47 bits per heavy atom. The van der Waals surface area contributed by atoms with Gasteiger partial charge in [-0.05, 0) is 18.2 Å². The van der Waals surface area contributed by atoms with E-state index in [1.165, 1.54) is 25.3 Å². The van der Waals surface area contributed by atoms with Crippen LogP contribution in [0.3, 0.4) is 0 Å². The molecule has 0 bridgehead atoms. The van der Waals surface area contributed by atoms with Gasteiger partial charge in [-0.3, -0.25) is 0 Å². The molecule has 2 aromatic rings. The van der Waals surface area contributed by atoms with Gasteiger partial charge in [0.05, 0.1) is 18.8 Å². The van der Waals surface area contributed by atoms with Crippen molar-refractivity contribution >= 4 is 17.7 Å². The Kier molecular flexibility index (Phi) is 3.01. The highest BCUT2D eigenvalue weighted by atomic mass is 32.1. The van der Waals surface area contributed by atoms with Gasteiger partial charge in [0.15, 0.2) is 5.69 Å². The Morgan fingerprint density at radius 2 is 2.24 bits per heavy atom. The lowest BCUT2D eigenvalue weighted by molar-refractivity contribution is 0.0692. The Bertz CT molecular complexity index is 570. The van der Waals surface area contributed by atoms with E-state index in [1.54, 1.807) is 0 Å². The van der Waals surface area contributed by atoms with Crippen LogP contribution in [0, 0.1) is 5.82 Å². The van der Waals surface area contributed by atoms with Gasteiger partial charge in [-0.15, -0.1) is 0 Å². The molecule has 0 fully saturated rings. The summed E-state index contributed by atoms with van der Waals surface area (Å²) < 4.78 is 25.7. The second-order valence-electron chi connectivity index (χ2n) is 3.11. The van der Waals surface area contributed by atoms with Crippen LogP contribution in [-0.4, -0.2) is 26.9 Å². The summed E-state index contributed by atoms with van der Waals surface area (Å²) in [5.41, 5.74) is 0.177. The number of ether oxygens (including phenoxy) is 1. The predicted octanol–water partition coefficient (Wildman–Crippen LogP) is 2.05. The van der Waals surface area contributed by atoms with Crippen molar-refractivity contribution in [3.05, 3.63) is 29.7 Å². The summed E-state index contributed by atoms with van der Waals surface area (Å²) in [4.78, 5) is 10.9. The number of hydrogen-bond donors (Lipinski definition) is 1. The lowest BCUT2D eigenvalue weighted by Crippen LogP contribution is -2.00. The lowest BCUT2D eigenvalue weighted by Gasteiger charge is -2.06. The van der Waals surface area contributed by atoms with E-state index in [0.717, 1.165) is 11.7 Å². The van der Waals surface area contributed by atoms with E-state index < -0.39 is 11.8 Å². The zero-order valence-corrected chi connectivity index (χ0v) is 9.49. The molecule has 1 heterocycles. The van der Waals surface area contributed by atoms with Crippen LogP contribution in [0.5, 0.6) is 5.75 Å². The maximum absolute atomic E-state index is 13.2. The molecule has 1 aromatic heterocycles. The Labute approximate surface area is 99.8 Å². The molecule has 0 saturated carbocycles. The number of carboxylic acids is 1. The van der Waals surface area contributed by atoms with E-state index >= 15 is 0 Å². The van der Waals surface area contributed by atoms with Crippen LogP contribution < -0.4 is 4.74 Å². The summed E-state index contributed by atoms with van der Waals surface area (Å²) in [7, 11) is 1.41. The van der Waals surface area contributed by atoms with Gasteiger partial charge in [0.25, 0.3) is 0 Å². The highest BCUT2D eigenvalue weighted by Crippen LogP contribution is 2.31. The fourth-order valence-corrected chi connectivity index (χ4v) is 1.92. The van der Waals surface area contributed by atoms with Crippen molar-refractivity contribution in [3.63, 3.8) is 0 Å². The molecule has 1 N–H and O–H groups in total. The molecule has 5 nitrogen and oxygen atoms in total. The van der Waals surface area contributed by atoms with Gasteiger partial charge >= 0.3 is 5.97 Å². The lowest BCUT2D eigenvalue weighted by atomic mass is 10.1. The first-order valence-electron chi connectivity index (χ1n) is 4.53. The molecule has 0 radical (unpaired) electrons. The number of hydrogen-bond acceptors (Lipinski definition) is 5. The van der Waals surface area contributed by atoms with Crippen molar-refractivity contribution in [2.24, 2.45) is 0 Å². The van der Waals surface area contributed by atoms with Crippen LogP contribution in [-0.2, 0) is 0 Å². The standard InChI is InChI=1S/C10H7FN2O3S/c1-16-7-3-2-5(11)4-6(7)8-9(10(14)15)13-17-12-8/h2-4H,1H3,(H,14,15). The van der Waals surface area contributed by atoms with E-state index in [0.29, 0.717) is 5.75 Å². The summed E-state index contributed by atoms with van der Waals surface area (Å²) in [6.07, 6.45) is 0. The van der Waals surface area contributed by atoms with Crippen molar-refractivity contribution in [1.82, 2.24) is 8.75 Å². The van der Waals surface area contributed by atoms with Crippen LogP contribution >= 0.6 is 11.7 Å². The van der Waals surface area contributed by atoms with Crippen molar-refractivity contribution in [1.29, 1.82) is 0 Å². The number of aromatic carboxylic acids is 1. The molecule has 17 heavy (non-hydrogen) atoms. The smallest absolute Gasteiger partial charge is 0.357 e. The average Bonchev–Trinajstić information content (AvgIpc) is 2.77. The maximum Gasteiger partial charge on any atom is 0.357 e. The second kappa shape index (κ2) is 4.46. The minimum absolute atomic E-state index is 0.110. The number of aromatic nitrogens is 2. The van der Waals surface area contributed by atoms with Gasteiger partial charge in [0.1, 0.15) is 17.3 Å². The van der Waals surface area contributed by atoms with Crippen LogP contribution in [0.15, 0.2) is 18.2 Å². The van der Waals surface area contributed by atoms with Crippen LogP contribution in [0.25, 0.3) is 11.3 Å². The summed E-state index contributed by atoms with van der Waals surface area (Å²) in [5, 5.41) is 8.92. The first-order valence-corrected chi connectivity index (χ1v) is 5.26. The quantitative estimate of drug-likeness (QED) is 0.907. The minimum atomic E-state index is -1.21. The number of rotatable bonds is 3. The number of halogens is 1. The third-order valence-electron chi connectivity index (χ3n) is 2.11. The molecule has 0 aliphatic heterocycles. The molecule has 7 heteroatoms. The van der Waals surface area contributed by atoms with E-state index in [-0.39, 0.29) is 17.0 Å². The zero-order chi connectivity index (χ0) is 12.4. The molecule has 0 amide bonds. The van der Waals surface area contributed by atoms with Gasteiger partial charge in [0, 0.05) is 5.56 Å². The zero-order valence-electron chi connectivity index (χ0n) is 8.68. The van der Waals surface area contributed by atoms with Crippen molar-refractivity contribution in [2.45, 2.75) is 0 Å². The summed E-state index contributed by atoms with van der Waals surface area (Å²) in [5.74, 6) is -1.35. The highest BCUT2D eigenvalue weighted by molar-refractivity contribution is 6.99. The minimum Gasteiger partial charge on any atom is -0.496 e. The van der Waals surface area contributed by atoms with E-state index in [4.69, 9.17) is 9.84 Å². The van der Waals surface area contributed by atoms with Gasteiger partial charge in [0.2, 0.25) is 0 Å². The van der Waals surface area contributed by atoms with Gasteiger partial charge in [-0.25, -0.2) is 9.18 Å². The number of carboxylic acid groups (broad SMARTS) is 1. The Balaban J connectivity index is 2.63. The largest absolute Gasteiger partial charge is 0.496 e. The Hall–Kier alpha value is -2.02. The molecule has 0 saturated heterocycles. The van der Waals surface area contributed by atoms with Gasteiger partial charge < -0.3 is 9.84 Å². The fourth-order valence-electron chi connectivity index (χ4n) is 1.37. The molecule has 1 aromatic carbocycles. The predicted molar refractivity (Wildman–Crippen MR) is 58.8 cm³/mol. The van der Waals surface area contributed by atoms with E-state index in [1.807, 2.05) is 0 Å². The fraction of sp³-hybridized carbons (Fsp3) is 0.100. The van der Waals surface area contributed by atoms with Crippen LogP contribution in [0.4, 0.5) is 4.39 Å². The first-order chi connectivity index (χ1) is 8.13. The summed E-state index contributed by atoms with van der Waals surface area (Å²) in [6, 6.07) is 3.81. The van der Waals surface area contributed by atoms with Crippen LogP contribution in [0.2, 0.25) is 0 Å². The molecule has 88 valence electrons. The second-order valence-corrected chi connectivity index (χ2v) is 3.64. The first kappa shape index (κ1) is 11.5. The molecular weight excluding hydrogens is 247 g/mol. The summed E-state index contributed by atoms with van der Waals surface area (Å²) >= 11 is 0.756. The number of benzene rings is 1. The maximum atomic E-state index is 13.2. The van der Waals surface area contributed by atoms with Crippen molar-refractivity contribution in [3.8, 4) is 17.0 Å². The number of methoxy groups -OCH3 is 1. The highest BCUT2D eigenvalue weighted by Gasteiger charge is 2.20. The number of nitrogens with zero attached hydrogens (tertiary/aromatic N) is 2. The topological polar surface area (TPSA) is 72.3 Å². The summed E-state index contributed by atoms with van der Waals surface area (Å²) in [6.45, 7) is 0. The molecule has 2 rings (SSSR count). The third-order valence-corrected chi connectivity index (χ3v) is 2.64.